The summed E-state index contributed by atoms with van der Waals surface area (Å²) >= 11 is 11.9. The van der Waals surface area contributed by atoms with Gasteiger partial charge < -0.3 is 4.90 Å². The average Bonchev–Trinajstić information content (AvgIpc) is 2.69. The van der Waals surface area contributed by atoms with Gasteiger partial charge in [-0.2, -0.15) is 0 Å². The van der Waals surface area contributed by atoms with Gasteiger partial charge in [-0.15, -0.1) is 11.3 Å². The number of carbonyl (C=O) groups is 1. The lowest BCUT2D eigenvalue weighted by Gasteiger charge is -2.32. The summed E-state index contributed by atoms with van der Waals surface area (Å²) in [5.41, 5.74) is 0. The Hall–Kier alpha value is 0.610. The Morgan fingerprint density at radius 3 is 2.89 bits per heavy atom. The molecule has 2 heterocycles. The lowest BCUT2D eigenvalue weighted by Crippen LogP contribution is -2.39. The summed E-state index contributed by atoms with van der Waals surface area (Å²) in [7, 11) is 0. The Morgan fingerprint density at radius 2 is 2.28 bits per heavy atom. The maximum absolute atomic E-state index is 12.4. The van der Waals surface area contributed by atoms with E-state index in [1.54, 1.807) is 0 Å². The highest BCUT2D eigenvalue weighted by atomic mass is 79.9. The van der Waals surface area contributed by atoms with E-state index in [9.17, 15) is 4.79 Å². The molecular formula is C12H14Br3NOS. The first-order valence-corrected chi connectivity index (χ1v) is 9.44. The molecule has 0 bridgehead atoms. The van der Waals surface area contributed by atoms with E-state index in [2.05, 4.69) is 47.8 Å². The number of nitrogens with zero attached hydrogens (tertiary/aromatic N) is 1. The van der Waals surface area contributed by atoms with Crippen LogP contribution in [-0.4, -0.2) is 29.2 Å². The number of rotatable bonds is 3. The van der Waals surface area contributed by atoms with E-state index in [1.807, 2.05) is 11.0 Å². The van der Waals surface area contributed by atoms with E-state index in [0.29, 0.717) is 5.92 Å². The number of amides is 1. The molecule has 2 nitrogen and oxygen atoms in total. The van der Waals surface area contributed by atoms with Gasteiger partial charge in [0.25, 0.3) is 5.91 Å². The molecule has 0 aromatic carbocycles. The molecule has 100 valence electrons. The zero-order valence-electron chi connectivity index (χ0n) is 9.79. The predicted octanol–water partition coefficient (Wildman–Crippen LogP) is 4.91. The van der Waals surface area contributed by atoms with Crippen molar-refractivity contribution in [2.24, 2.45) is 5.92 Å². The molecule has 1 fully saturated rings. The first-order chi connectivity index (χ1) is 8.61. The highest BCUT2D eigenvalue weighted by Crippen LogP contribution is 2.33. The Labute approximate surface area is 137 Å². The maximum atomic E-state index is 12.4. The number of hydrogen-bond acceptors (Lipinski definition) is 2. The number of carbonyl (C=O) groups excluding carboxylic acids is 1. The van der Waals surface area contributed by atoms with Gasteiger partial charge in [0.15, 0.2) is 0 Å². The van der Waals surface area contributed by atoms with E-state index in [1.165, 1.54) is 17.8 Å². The minimum atomic E-state index is 0.172. The van der Waals surface area contributed by atoms with Crippen LogP contribution < -0.4 is 0 Å². The van der Waals surface area contributed by atoms with E-state index < -0.39 is 0 Å². The van der Waals surface area contributed by atoms with Crippen molar-refractivity contribution in [2.45, 2.75) is 19.3 Å². The summed E-state index contributed by atoms with van der Waals surface area (Å²) < 4.78 is 1.95. The number of hydrogen-bond donors (Lipinski definition) is 0. The molecule has 1 aliphatic rings. The molecule has 0 spiro atoms. The second-order valence-electron chi connectivity index (χ2n) is 4.47. The van der Waals surface area contributed by atoms with Crippen molar-refractivity contribution in [3.63, 3.8) is 0 Å². The van der Waals surface area contributed by atoms with Crippen molar-refractivity contribution in [1.29, 1.82) is 0 Å². The van der Waals surface area contributed by atoms with Crippen molar-refractivity contribution < 1.29 is 4.79 Å². The number of piperidine rings is 1. The zero-order chi connectivity index (χ0) is 13.1. The van der Waals surface area contributed by atoms with Gasteiger partial charge in [-0.05, 0) is 63.1 Å². The lowest BCUT2D eigenvalue weighted by molar-refractivity contribution is 0.0677. The van der Waals surface area contributed by atoms with Gasteiger partial charge in [0.2, 0.25) is 0 Å². The summed E-state index contributed by atoms with van der Waals surface area (Å²) in [5, 5.41) is 1.02. The molecule has 1 aromatic heterocycles. The van der Waals surface area contributed by atoms with Gasteiger partial charge in [0, 0.05) is 22.9 Å². The van der Waals surface area contributed by atoms with Crippen LogP contribution in [0, 0.1) is 5.92 Å². The van der Waals surface area contributed by atoms with Crippen LogP contribution in [0.3, 0.4) is 0 Å². The Morgan fingerprint density at radius 1 is 1.50 bits per heavy atom. The smallest absolute Gasteiger partial charge is 0.264 e. The molecule has 1 unspecified atom stereocenters. The second kappa shape index (κ2) is 6.86. The second-order valence-corrected chi connectivity index (χ2v) is 8.49. The summed E-state index contributed by atoms with van der Waals surface area (Å²) in [4.78, 5) is 15.2. The van der Waals surface area contributed by atoms with Crippen LogP contribution in [0.2, 0.25) is 0 Å². The third kappa shape index (κ3) is 3.58. The molecule has 1 amide bonds. The molecule has 18 heavy (non-hydrogen) atoms. The van der Waals surface area contributed by atoms with E-state index in [-0.39, 0.29) is 5.91 Å². The Bertz CT molecular complexity index is 413. The first-order valence-electron chi connectivity index (χ1n) is 5.92. The number of halogens is 3. The first kappa shape index (κ1) is 15.0. The van der Waals surface area contributed by atoms with E-state index >= 15 is 0 Å². The van der Waals surface area contributed by atoms with Gasteiger partial charge in [-0.3, -0.25) is 4.79 Å². The number of likely N-dealkylation sites (tertiary alicyclic amines) is 1. The molecule has 1 atom stereocenters. The third-order valence-corrected chi connectivity index (χ3v) is 6.88. The summed E-state index contributed by atoms with van der Waals surface area (Å²) in [5.74, 6) is 0.819. The predicted molar refractivity (Wildman–Crippen MR) is 86.8 cm³/mol. The standard InChI is InChI=1S/C12H14Br3NOS/c13-4-3-8-2-1-5-16(7-8)12(17)10-6-9(14)11(15)18-10/h6,8H,1-5,7H2. The monoisotopic (exact) mass is 457 g/mol. The van der Waals surface area contributed by atoms with Crippen molar-refractivity contribution in [3.8, 4) is 0 Å². The van der Waals surface area contributed by atoms with Gasteiger partial charge in [-0.1, -0.05) is 15.9 Å². The van der Waals surface area contributed by atoms with Gasteiger partial charge >= 0.3 is 0 Å². The topological polar surface area (TPSA) is 20.3 Å². The van der Waals surface area contributed by atoms with E-state index in [0.717, 1.165) is 44.4 Å². The highest BCUT2D eigenvalue weighted by molar-refractivity contribution is 9.13. The Kier molecular flexibility index (Phi) is 5.72. The minimum absolute atomic E-state index is 0.172. The summed E-state index contributed by atoms with van der Waals surface area (Å²) in [6.45, 7) is 1.79. The molecule has 0 radical (unpaired) electrons. The van der Waals surface area contributed by atoms with Crippen LogP contribution >= 0.6 is 59.1 Å². The molecule has 2 rings (SSSR count). The maximum Gasteiger partial charge on any atom is 0.264 e. The van der Waals surface area contributed by atoms with Crippen LogP contribution in [0.25, 0.3) is 0 Å². The average molecular weight is 460 g/mol. The van der Waals surface area contributed by atoms with Crippen LogP contribution in [0.5, 0.6) is 0 Å². The largest absolute Gasteiger partial charge is 0.338 e. The van der Waals surface area contributed by atoms with Crippen molar-refractivity contribution in [1.82, 2.24) is 4.90 Å². The van der Waals surface area contributed by atoms with E-state index in [4.69, 9.17) is 0 Å². The molecule has 6 heteroatoms. The molecule has 1 aliphatic heterocycles. The van der Waals surface area contributed by atoms with Crippen LogP contribution in [0.15, 0.2) is 14.3 Å². The van der Waals surface area contributed by atoms with Gasteiger partial charge in [0.1, 0.15) is 0 Å². The van der Waals surface area contributed by atoms with Crippen molar-refractivity contribution >= 4 is 65.0 Å². The minimum Gasteiger partial charge on any atom is -0.338 e. The molecule has 0 N–H and O–H groups in total. The van der Waals surface area contributed by atoms with Crippen molar-refractivity contribution in [3.05, 3.63) is 19.2 Å². The highest BCUT2D eigenvalue weighted by Gasteiger charge is 2.25. The van der Waals surface area contributed by atoms with Crippen molar-refractivity contribution in [2.75, 3.05) is 18.4 Å². The van der Waals surface area contributed by atoms with Crippen LogP contribution in [0.4, 0.5) is 0 Å². The zero-order valence-corrected chi connectivity index (χ0v) is 15.4. The lowest BCUT2D eigenvalue weighted by atomic mass is 9.95. The Balaban J connectivity index is 2.04. The number of thiophene rings is 1. The fourth-order valence-corrected chi connectivity index (χ4v) is 4.90. The quantitative estimate of drug-likeness (QED) is 0.588. The summed E-state index contributed by atoms with van der Waals surface area (Å²) in [6.07, 6.45) is 3.52. The fourth-order valence-electron chi connectivity index (χ4n) is 2.25. The molecule has 1 aromatic rings. The van der Waals surface area contributed by atoms with Crippen LogP contribution in [0.1, 0.15) is 28.9 Å². The third-order valence-electron chi connectivity index (χ3n) is 3.18. The van der Waals surface area contributed by atoms with Crippen LogP contribution in [-0.2, 0) is 0 Å². The molecular weight excluding hydrogens is 446 g/mol. The normalized spacial score (nSPS) is 20.2. The van der Waals surface area contributed by atoms with Gasteiger partial charge in [-0.25, -0.2) is 0 Å². The molecule has 0 aliphatic carbocycles. The summed E-state index contributed by atoms with van der Waals surface area (Å²) in [6, 6.07) is 1.91. The van der Waals surface area contributed by atoms with Gasteiger partial charge in [0.05, 0.1) is 8.66 Å². The molecule has 0 saturated carbocycles. The number of alkyl halides is 1. The fraction of sp³-hybridized carbons (Fsp3) is 0.583. The molecule has 1 saturated heterocycles. The SMILES string of the molecule is O=C(c1cc(Br)c(Br)s1)N1CCCC(CCBr)C1.